The molecular weight excluding hydrogens is 528 g/mol. The number of aryl methyl sites for hydroxylation is 1. The topological polar surface area (TPSA) is 86.9 Å². The Kier molecular flexibility index (Phi) is 10.5. The van der Waals surface area contributed by atoms with Gasteiger partial charge in [0, 0.05) is 42.4 Å². The van der Waals surface area contributed by atoms with Crippen molar-refractivity contribution < 1.29 is 19.1 Å². The number of carbonyl (C=O) groups is 2. The van der Waals surface area contributed by atoms with Gasteiger partial charge in [0.25, 0.3) is 0 Å². The van der Waals surface area contributed by atoms with Crippen molar-refractivity contribution in [2.75, 3.05) is 39.2 Å². The minimum Gasteiger partial charge on any atom is -0.493 e. The molecule has 3 aromatic carbocycles. The van der Waals surface area contributed by atoms with Crippen molar-refractivity contribution in [1.29, 1.82) is 0 Å². The van der Waals surface area contributed by atoms with Crippen molar-refractivity contribution in [3.05, 3.63) is 89.6 Å². The Hall–Kier alpha value is -4.46. The number of anilines is 1. The number of para-hydroxylation sites is 1. The number of ether oxygens (including phenoxy) is 2. The highest BCUT2D eigenvalue weighted by Crippen LogP contribution is 2.28. The summed E-state index contributed by atoms with van der Waals surface area (Å²) < 4.78 is 10.9. The van der Waals surface area contributed by atoms with Gasteiger partial charge in [-0.25, -0.2) is 4.79 Å². The molecule has 4 rings (SSSR count). The Morgan fingerprint density at radius 1 is 0.905 bits per heavy atom. The average Bonchev–Trinajstić information content (AvgIpc) is 3.41. The van der Waals surface area contributed by atoms with Crippen LogP contribution in [0, 0.1) is 5.92 Å². The lowest BCUT2D eigenvalue weighted by Crippen LogP contribution is -2.46. The predicted molar refractivity (Wildman–Crippen MR) is 168 cm³/mol. The van der Waals surface area contributed by atoms with E-state index in [9.17, 15) is 9.59 Å². The highest BCUT2D eigenvalue weighted by molar-refractivity contribution is 5.92. The molecule has 0 spiro atoms. The van der Waals surface area contributed by atoms with Crippen LogP contribution >= 0.6 is 0 Å². The van der Waals surface area contributed by atoms with Gasteiger partial charge in [-0.15, -0.1) is 0 Å². The largest absolute Gasteiger partial charge is 0.493 e. The minimum atomic E-state index is -0.288. The number of nitrogens with one attached hydrogen (secondary N) is 2. The summed E-state index contributed by atoms with van der Waals surface area (Å²) in [5.74, 6) is 1.30. The number of methoxy groups -OCH3 is 2. The van der Waals surface area contributed by atoms with Gasteiger partial charge >= 0.3 is 6.03 Å². The summed E-state index contributed by atoms with van der Waals surface area (Å²) in [6.07, 6.45) is 3.60. The summed E-state index contributed by atoms with van der Waals surface area (Å²) in [5.41, 5.74) is 5.03. The summed E-state index contributed by atoms with van der Waals surface area (Å²) >= 11 is 0. The summed E-state index contributed by atoms with van der Waals surface area (Å²) in [6, 6.07) is 21.3. The number of hydrogen-bond donors (Lipinski definition) is 2. The third kappa shape index (κ3) is 7.84. The molecule has 0 aliphatic heterocycles. The van der Waals surface area contributed by atoms with Crippen LogP contribution in [0.1, 0.15) is 37.5 Å². The van der Waals surface area contributed by atoms with E-state index in [1.807, 2.05) is 85.6 Å². The molecule has 4 aromatic rings. The first kappa shape index (κ1) is 30.5. The highest BCUT2D eigenvalue weighted by atomic mass is 16.5. The number of amides is 3. The number of fused-ring (bicyclic) bond motifs is 1. The first-order valence-corrected chi connectivity index (χ1v) is 14.5. The van der Waals surface area contributed by atoms with Crippen molar-refractivity contribution in [2.24, 2.45) is 5.92 Å². The molecule has 42 heavy (non-hydrogen) atoms. The van der Waals surface area contributed by atoms with E-state index >= 15 is 0 Å². The van der Waals surface area contributed by atoms with Crippen LogP contribution in [0.5, 0.6) is 11.5 Å². The Labute approximate surface area is 248 Å². The van der Waals surface area contributed by atoms with Crippen LogP contribution in [0.25, 0.3) is 10.9 Å². The molecule has 0 aliphatic rings. The van der Waals surface area contributed by atoms with Crippen molar-refractivity contribution in [3.63, 3.8) is 0 Å². The van der Waals surface area contributed by atoms with Crippen LogP contribution < -0.4 is 14.8 Å². The van der Waals surface area contributed by atoms with E-state index in [0.29, 0.717) is 43.2 Å². The Morgan fingerprint density at radius 3 is 2.31 bits per heavy atom. The van der Waals surface area contributed by atoms with Crippen molar-refractivity contribution >= 4 is 28.5 Å². The van der Waals surface area contributed by atoms with E-state index in [0.717, 1.165) is 28.5 Å². The summed E-state index contributed by atoms with van der Waals surface area (Å²) in [6.45, 7) is 7.46. The molecule has 1 aromatic heterocycles. The molecule has 0 fully saturated rings. The molecular formula is C34H42N4O4. The van der Waals surface area contributed by atoms with Gasteiger partial charge in [-0.3, -0.25) is 4.79 Å². The lowest BCUT2D eigenvalue weighted by Gasteiger charge is -2.29. The molecule has 0 bridgehead atoms. The quantitative estimate of drug-likeness (QED) is 0.192. The average molecular weight is 571 g/mol. The van der Waals surface area contributed by atoms with Gasteiger partial charge in [0.15, 0.2) is 11.5 Å². The normalized spacial score (nSPS) is 11.0. The van der Waals surface area contributed by atoms with Crippen LogP contribution in [0.15, 0.2) is 72.9 Å². The standard InChI is InChI=1S/C34H42N4O4/c1-6-25-11-14-28(15-12-25)36-34(40)38(21-24(2)3)23-33(39)37(22-26-13-16-31(41-4)32(19-26)42-5)18-17-27-20-35-30-10-8-7-9-29(27)30/h7-16,19-20,24,35H,6,17-18,21-23H2,1-5H3,(H,36,40). The molecule has 2 N–H and O–H groups in total. The number of carbonyl (C=O) groups excluding carboxylic acids is 2. The molecule has 222 valence electrons. The van der Waals surface area contributed by atoms with Gasteiger partial charge in [0.1, 0.15) is 6.54 Å². The van der Waals surface area contributed by atoms with Crippen LogP contribution in [-0.2, 0) is 24.2 Å². The van der Waals surface area contributed by atoms with Crippen molar-refractivity contribution in [3.8, 4) is 11.5 Å². The summed E-state index contributed by atoms with van der Waals surface area (Å²) in [7, 11) is 3.20. The number of urea groups is 1. The molecule has 0 unspecified atom stereocenters. The number of aromatic amines is 1. The van der Waals surface area contributed by atoms with Gasteiger partial charge < -0.3 is 29.6 Å². The Balaban J connectivity index is 1.55. The first-order valence-electron chi connectivity index (χ1n) is 14.5. The maximum Gasteiger partial charge on any atom is 0.322 e. The number of nitrogens with zero attached hydrogens (tertiary/aromatic N) is 2. The lowest BCUT2D eigenvalue weighted by atomic mass is 10.1. The Morgan fingerprint density at radius 2 is 1.62 bits per heavy atom. The number of H-pyrrole nitrogens is 1. The fraction of sp³-hybridized carbons (Fsp3) is 0.353. The van der Waals surface area contributed by atoms with Crippen LogP contribution in [-0.4, -0.2) is 60.6 Å². The van der Waals surface area contributed by atoms with Crippen LogP contribution in [0.3, 0.4) is 0 Å². The monoisotopic (exact) mass is 570 g/mol. The smallest absolute Gasteiger partial charge is 0.322 e. The van der Waals surface area contributed by atoms with Gasteiger partial charge in [-0.2, -0.15) is 0 Å². The first-order chi connectivity index (χ1) is 20.3. The molecule has 8 heteroatoms. The molecule has 0 saturated carbocycles. The maximum absolute atomic E-state index is 13.9. The third-order valence-electron chi connectivity index (χ3n) is 7.31. The molecule has 8 nitrogen and oxygen atoms in total. The van der Waals surface area contributed by atoms with Crippen LogP contribution in [0.2, 0.25) is 0 Å². The second-order valence-corrected chi connectivity index (χ2v) is 10.9. The van der Waals surface area contributed by atoms with Gasteiger partial charge in [-0.05, 0) is 65.8 Å². The number of hydrogen-bond acceptors (Lipinski definition) is 4. The van der Waals surface area contributed by atoms with E-state index in [4.69, 9.17) is 9.47 Å². The number of aromatic nitrogens is 1. The van der Waals surface area contributed by atoms with E-state index in [-0.39, 0.29) is 24.4 Å². The van der Waals surface area contributed by atoms with E-state index in [1.54, 1.807) is 19.1 Å². The van der Waals surface area contributed by atoms with E-state index in [1.165, 1.54) is 5.56 Å². The summed E-state index contributed by atoms with van der Waals surface area (Å²) in [4.78, 5) is 34.0. The van der Waals surface area contributed by atoms with Crippen molar-refractivity contribution in [1.82, 2.24) is 14.8 Å². The maximum atomic E-state index is 13.9. The zero-order valence-corrected chi connectivity index (χ0v) is 25.3. The number of rotatable bonds is 13. The van der Waals surface area contributed by atoms with Gasteiger partial charge in [-0.1, -0.05) is 57.2 Å². The van der Waals surface area contributed by atoms with E-state index < -0.39 is 0 Å². The Bertz CT molecular complexity index is 1480. The zero-order chi connectivity index (χ0) is 30.1. The SMILES string of the molecule is CCc1ccc(NC(=O)N(CC(=O)N(CCc2c[nH]c3ccccc23)Cc2ccc(OC)c(OC)c2)CC(C)C)cc1. The molecule has 0 atom stereocenters. The van der Waals surface area contributed by atoms with Crippen LogP contribution in [0.4, 0.5) is 10.5 Å². The molecule has 1 heterocycles. The fourth-order valence-electron chi connectivity index (χ4n) is 5.03. The van der Waals surface area contributed by atoms with Crippen molar-refractivity contribution in [2.45, 2.75) is 40.2 Å². The van der Waals surface area contributed by atoms with Gasteiger partial charge in [0.2, 0.25) is 5.91 Å². The molecule has 3 amide bonds. The van der Waals surface area contributed by atoms with E-state index in [2.05, 4.69) is 23.3 Å². The highest BCUT2D eigenvalue weighted by Gasteiger charge is 2.23. The molecule has 0 saturated heterocycles. The summed E-state index contributed by atoms with van der Waals surface area (Å²) in [5, 5.41) is 4.12. The second kappa shape index (κ2) is 14.4. The predicted octanol–water partition coefficient (Wildman–Crippen LogP) is 6.51. The second-order valence-electron chi connectivity index (χ2n) is 10.9. The fourth-order valence-corrected chi connectivity index (χ4v) is 5.03. The minimum absolute atomic E-state index is 0.0295. The van der Waals surface area contributed by atoms with Gasteiger partial charge in [0.05, 0.1) is 14.2 Å². The zero-order valence-electron chi connectivity index (χ0n) is 25.3. The lowest BCUT2D eigenvalue weighted by molar-refractivity contribution is -0.132. The number of benzene rings is 3. The molecule has 0 aliphatic carbocycles. The molecule has 0 radical (unpaired) electrons. The third-order valence-corrected chi connectivity index (χ3v) is 7.31.